The molecule has 140 valence electrons. The fraction of sp³-hybridized carbons (Fsp3) is 0.824. The second kappa shape index (κ2) is 8.14. The molecule has 2 fully saturated rings. The zero-order chi connectivity index (χ0) is 17.8. The number of rotatable bonds is 6. The van der Waals surface area contributed by atoms with Gasteiger partial charge in [-0.25, -0.2) is 0 Å². The fourth-order valence-electron chi connectivity index (χ4n) is 3.90. The highest BCUT2D eigenvalue weighted by Crippen LogP contribution is 2.32. The van der Waals surface area contributed by atoms with Crippen molar-refractivity contribution in [1.29, 1.82) is 0 Å². The number of nitrogens with one attached hydrogen (secondary N) is 2. The first-order chi connectivity index (χ1) is 12.1. The molecule has 2 atom stereocenters. The highest BCUT2D eigenvalue weighted by atomic mass is 16.3. The van der Waals surface area contributed by atoms with Crippen LogP contribution in [0, 0.1) is 5.92 Å². The Bertz CT molecular complexity index is 568. The van der Waals surface area contributed by atoms with Crippen LogP contribution >= 0.6 is 0 Å². The molecule has 2 saturated heterocycles. The molecule has 0 amide bonds. The molecule has 25 heavy (non-hydrogen) atoms. The second-order valence-electron chi connectivity index (χ2n) is 7.45. The Morgan fingerprint density at radius 2 is 1.96 bits per heavy atom. The Balaban J connectivity index is 1.85. The maximum atomic E-state index is 9.08. The van der Waals surface area contributed by atoms with E-state index in [2.05, 4.69) is 51.3 Å². The number of fused-ring (bicyclic) bond motifs is 1. The first-order valence-corrected chi connectivity index (χ1v) is 9.39. The van der Waals surface area contributed by atoms with E-state index in [-0.39, 0.29) is 12.6 Å². The van der Waals surface area contributed by atoms with Gasteiger partial charge < -0.3 is 25.5 Å². The highest BCUT2D eigenvalue weighted by molar-refractivity contribution is 5.45. The molecule has 0 spiro atoms. The molecule has 0 aromatic carbocycles. The van der Waals surface area contributed by atoms with Crippen LogP contribution in [0.4, 0.5) is 17.8 Å². The van der Waals surface area contributed by atoms with Crippen LogP contribution in [-0.4, -0.2) is 76.9 Å². The third kappa shape index (κ3) is 4.49. The van der Waals surface area contributed by atoms with Gasteiger partial charge in [-0.1, -0.05) is 0 Å². The molecule has 2 aliphatic rings. The van der Waals surface area contributed by atoms with Crippen LogP contribution in [0.2, 0.25) is 0 Å². The van der Waals surface area contributed by atoms with Crippen molar-refractivity contribution in [2.75, 3.05) is 55.4 Å². The van der Waals surface area contributed by atoms with Gasteiger partial charge in [-0.2, -0.15) is 15.0 Å². The van der Waals surface area contributed by atoms with Crippen molar-refractivity contribution in [3.63, 3.8) is 0 Å². The Labute approximate surface area is 150 Å². The minimum atomic E-state index is 0.0503. The van der Waals surface area contributed by atoms with Crippen LogP contribution in [0.1, 0.15) is 33.1 Å². The number of hydrogen-bond acceptors (Lipinski definition) is 8. The molecule has 0 aliphatic carbocycles. The molecule has 3 N–H and O–H groups in total. The first kappa shape index (κ1) is 18.1. The summed E-state index contributed by atoms with van der Waals surface area (Å²) in [4.78, 5) is 18.6. The van der Waals surface area contributed by atoms with E-state index in [1.807, 2.05) is 0 Å². The van der Waals surface area contributed by atoms with Crippen LogP contribution in [0.25, 0.3) is 0 Å². The molecule has 1 aromatic rings. The summed E-state index contributed by atoms with van der Waals surface area (Å²) in [7, 11) is 2.21. The Morgan fingerprint density at radius 3 is 2.72 bits per heavy atom. The highest BCUT2D eigenvalue weighted by Gasteiger charge is 2.36. The third-order valence-corrected chi connectivity index (χ3v) is 4.96. The maximum absolute atomic E-state index is 9.08. The Hall–Kier alpha value is -1.67. The van der Waals surface area contributed by atoms with E-state index in [4.69, 9.17) is 10.1 Å². The standard InChI is InChI=1S/C17H31N7O/c1-12(2)19-16-20-15(18-7-10-25)21-17(22-16)24-8-4-5-13-11-23(3)9-6-14(13)24/h12-14,25H,4-11H2,1-3H3,(H2,18,19,20,21,22)/t13-,14+/m0/s1. The van der Waals surface area contributed by atoms with E-state index >= 15 is 0 Å². The van der Waals surface area contributed by atoms with E-state index in [0.29, 0.717) is 30.4 Å². The van der Waals surface area contributed by atoms with Crippen LogP contribution in [0.3, 0.4) is 0 Å². The summed E-state index contributed by atoms with van der Waals surface area (Å²) in [5.74, 6) is 2.55. The zero-order valence-electron chi connectivity index (χ0n) is 15.6. The molecule has 0 bridgehead atoms. The number of nitrogens with zero attached hydrogens (tertiary/aromatic N) is 5. The van der Waals surface area contributed by atoms with E-state index in [0.717, 1.165) is 32.0 Å². The van der Waals surface area contributed by atoms with Gasteiger partial charge in [0.1, 0.15) is 0 Å². The van der Waals surface area contributed by atoms with E-state index in [9.17, 15) is 0 Å². The SMILES string of the molecule is CC(C)Nc1nc(NCCO)nc(N2CCC[C@H]3CN(C)CC[C@H]32)n1. The van der Waals surface area contributed by atoms with Gasteiger partial charge in [0.2, 0.25) is 17.8 Å². The lowest BCUT2D eigenvalue weighted by Crippen LogP contribution is -2.54. The number of aliphatic hydroxyl groups excluding tert-OH is 1. The van der Waals surface area contributed by atoms with Crippen molar-refractivity contribution in [2.24, 2.45) is 5.92 Å². The van der Waals surface area contributed by atoms with Gasteiger partial charge >= 0.3 is 0 Å². The molecule has 0 unspecified atom stereocenters. The Kier molecular flexibility index (Phi) is 5.90. The number of hydrogen-bond donors (Lipinski definition) is 3. The number of anilines is 3. The van der Waals surface area contributed by atoms with Gasteiger partial charge in [0.05, 0.1) is 6.61 Å². The molecule has 0 saturated carbocycles. The number of aliphatic hydroxyl groups is 1. The van der Waals surface area contributed by atoms with Crippen molar-refractivity contribution in [2.45, 2.75) is 45.2 Å². The summed E-state index contributed by atoms with van der Waals surface area (Å²) in [6.07, 6.45) is 3.61. The van der Waals surface area contributed by atoms with Gasteiger partial charge in [0, 0.05) is 31.7 Å². The molecule has 8 heteroatoms. The van der Waals surface area contributed by atoms with E-state index in [1.165, 1.54) is 12.8 Å². The normalized spacial score (nSPS) is 24.3. The average molecular weight is 349 g/mol. The monoisotopic (exact) mass is 349 g/mol. The predicted molar refractivity (Wildman–Crippen MR) is 100 cm³/mol. The van der Waals surface area contributed by atoms with Gasteiger partial charge in [-0.15, -0.1) is 0 Å². The van der Waals surface area contributed by atoms with Crippen molar-refractivity contribution < 1.29 is 5.11 Å². The Morgan fingerprint density at radius 1 is 1.16 bits per heavy atom. The van der Waals surface area contributed by atoms with Crippen LogP contribution < -0.4 is 15.5 Å². The van der Waals surface area contributed by atoms with Crippen LogP contribution in [0.5, 0.6) is 0 Å². The topological polar surface area (TPSA) is 89.4 Å². The van der Waals surface area contributed by atoms with Gasteiger partial charge in [0.15, 0.2) is 0 Å². The molecular weight excluding hydrogens is 318 g/mol. The lowest BCUT2D eigenvalue weighted by atomic mass is 9.84. The predicted octanol–water partition coefficient (Wildman–Crippen LogP) is 1.02. The minimum Gasteiger partial charge on any atom is -0.395 e. The summed E-state index contributed by atoms with van der Waals surface area (Å²) in [5, 5.41) is 15.4. The second-order valence-corrected chi connectivity index (χ2v) is 7.45. The summed E-state index contributed by atoms with van der Waals surface area (Å²) in [5.41, 5.74) is 0. The summed E-state index contributed by atoms with van der Waals surface area (Å²) >= 11 is 0. The van der Waals surface area contributed by atoms with Gasteiger partial charge in [-0.05, 0) is 52.6 Å². The average Bonchev–Trinajstić information content (AvgIpc) is 2.58. The van der Waals surface area contributed by atoms with Crippen molar-refractivity contribution in [3.05, 3.63) is 0 Å². The van der Waals surface area contributed by atoms with Gasteiger partial charge in [0.25, 0.3) is 0 Å². The van der Waals surface area contributed by atoms with E-state index < -0.39 is 0 Å². The smallest absolute Gasteiger partial charge is 0.232 e. The van der Waals surface area contributed by atoms with Gasteiger partial charge in [-0.3, -0.25) is 0 Å². The van der Waals surface area contributed by atoms with Crippen molar-refractivity contribution in [1.82, 2.24) is 19.9 Å². The van der Waals surface area contributed by atoms with Crippen LogP contribution in [-0.2, 0) is 0 Å². The minimum absolute atomic E-state index is 0.0503. The molecule has 8 nitrogen and oxygen atoms in total. The zero-order valence-corrected chi connectivity index (χ0v) is 15.6. The number of aromatic nitrogens is 3. The van der Waals surface area contributed by atoms with Crippen molar-refractivity contribution in [3.8, 4) is 0 Å². The largest absolute Gasteiger partial charge is 0.395 e. The third-order valence-electron chi connectivity index (χ3n) is 4.96. The molecular formula is C17H31N7O. The molecule has 2 aliphatic heterocycles. The quantitative estimate of drug-likeness (QED) is 0.701. The molecule has 1 aromatic heterocycles. The molecule has 3 rings (SSSR count). The molecule has 3 heterocycles. The van der Waals surface area contributed by atoms with Crippen LogP contribution in [0.15, 0.2) is 0 Å². The number of likely N-dealkylation sites (tertiary alicyclic amines) is 1. The lowest BCUT2D eigenvalue weighted by molar-refractivity contribution is 0.153. The number of piperidine rings is 2. The van der Waals surface area contributed by atoms with E-state index in [1.54, 1.807) is 0 Å². The summed E-state index contributed by atoms with van der Waals surface area (Å²) in [6, 6.07) is 0.753. The maximum Gasteiger partial charge on any atom is 0.232 e. The fourth-order valence-corrected chi connectivity index (χ4v) is 3.90. The summed E-state index contributed by atoms with van der Waals surface area (Å²) in [6.45, 7) is 7.89. The first-order valence-electron chi connectivity index (χ1n) is 9.39. The summed E-state index contributed by atoms with van der Waals surface area (Å²) < 4.78 is 0. The lowest BCUT2D eigenvalue weighted by Gasteiger charge is -2.46. The molecule has 0 radical (unpaired) electrons. The van der Waals surface area contributed by atoms with Crippen molar-refractivity contribution >= 4 is 17.8 Å².